The van der Waals surface area contributed by atoms with Crippen LogP contribution >= 0.6 is 0 Å². The first-order chi connectivity index (χ1) is 16.2. The first-order valence-corrected chi connectivity index (χ1v) is 11.8. The van der Waals surface area contributed by atoms with Crippen LogP contribution in [-0.4, -0.2) is 39.4 Å². The van der Waals surface area contributed by atoms with Crippen molar-refractivity contribution in [1.82, 2.24) is 20.2 Å². The molecule has 2 atom stereocenters. The van der Waals surface area contributed by atoms with Crippen LogP contribution in [0.1, 0.15) is 48.6 Å². The fourth-order valence-corrected chi connectivity index (χ4v) is 5.25. The van der Waals surface area contributed by atoms with Crippen molar-refractivity contribution in [1.29, 1.82) is 0 Å². The monoisotopic (exact) mass is 442 g/mol. The van der Waals surface area contributed by atoms with Gasteiger partial charge in [-0.05, 0) is 43.2 Å². The number of benzene rings is 1. The highest BCUT2D eigenvalue weighted by Crippen LogP contribution is 2.41. The van der Waals surface area contributed by atoms with E-state index in [2.05, 4.69) is 38.4 Å². The molecular formula is C27H30N4O2. The molecule has 6 heteroatoms. The summed E-state index contributed by atoms with van der Waals surface area (Å²) < 4.78 is 6.15. The minimum absolute atomic E-state index is 0.161. The molecule has 0 unspecified atom stereocenters. The molecule has 1 spiro atoms. The maximum absolute atomic E-state index is 12.6. The molecule has 0 aliphatic carbocycles. The summed E-state index contributed by atoms with van der Waals surface area (Å²) in [6.45, 7) is 2.87. The van der Waals surface area contributed by atoms with Crippen molar-refractivity contribution in [3.63, 3.8) is 0 Å². The molecule has 2 fully saturated rings. The van der Waals surface area contributed by atoms with Crippen LogP contribution in [0.5, 0.6) is 5.75 Å². The van der Waals surface area contributed by atoms with Gasteiger partial charge in [0, 0.05) is 55.6 Å². The number of nitrogens with one attached hydrogen (secondary N) is 1. The number of amides is 1. The predicted octanol–water partition coefficient (Wildman–Crippen LogP) is 4.08. The molecule has 0 saturated carbocycles. The number of hydrogen-bond acceptors (Lipinski definition) is 5. The quantitative estimate of drug-likeness (QED) is 0.623. The summed E-state index contributed by atoms with van der Waals surface area (Å²) in [5, 5.41) is 3.42. The second-order valence-corrected chi connectivity index (χ2v) is 9.11. The molecular weight excluding hydrogens is 412 g/mol. The molecule has 2 aliphatic heterocycles. The maximum atomic E-state index is 12.6. The molecule has 170 valence electrons. The number of aromatic nitrogens is 2. The Balaban J connectivity index is 1.37. The molecule has 0 radical (unpaired) electrons. The molecule has 2 aromatic heterocycles. The van der Waals surface area contributed by atoms with Crippen molar-refractivity contribution in [3.05, 3.63) is 90.0 Å². The van der Waals surface area contributed by atoms with E-state index in [0.29, 0.717) is 13.0 Å². The topological polar surface area (TPSA) is 67.4 Å². The molecule has 0 bridgehead atoms. The van der Waals surface area contributed by atoms with E-state index < -0.39 is 0 Å². The molecule has 1 aromatic carbocycles. The molecule has 5 rings (SSSR count). The normalized spacial score (nSPS) is 23.3. The van der Waals surface area contributed by atoms with Crippen LogP contribution in [0, 0.1) is 0 Å². The summed E-state index contributed by atoms with van der Waals surface area (Å²) in [6, 6.07) is 20.1. The summed E-state index contributed by atoms with van der Waals surface area (Å²) in [5.74, 6) is 1.21. The lowest BCUT2D eigenvalue weighted by Gasteiger charge is -2.34. The SMILES string of the molecule is O=C1CCCC[C@]2(CN(Cc3ccccc3OCc3ccccn3)C[C@H]2c2ccccn2)N1. The first kappa shape index (κ1) is 21.6. The van der Waals surface area contributed by atoms with Gasteiger partial charge < -0.3 is 10.1 Å². The highest BCUT2D eigenvalue weighted by atomic mass is 16.5. The third kappa shape index (κ3) is 4.91. The van der Waals surface area contributed by atoms with Gasteiger partial charge in [0.25, 0.3) is 0 Å². The van der Waals surface area contributed by atoms with Crippen LogP contribution in [0.15, 0.2) is 73.1 Å². The second kappa shape index (κ2) is 9.71. The third-order valence-corrected chi connectivity index (χ3v) is 6.79. The van der Waals surface area contributed by atoms with E-state index in [1.165, 1.54) is 0 Å². The second-order valence-electron chi connectivity index (χ2n) is 9.11. The predicted molar refractivity (Wildman–Crippen MR) is 127 cm³/mol. The van der Waals surface area contributed by atoms with E-state index in [-0.39, 0.29) is 17.4 Å². The number of ether oxygens (including phenoxy) is 1. The third-order valence-electron chi connectivity index (χ3n) is 6.79. The number of nitrogens with zero attached hydrogens (tertiary/aromatic N) is 3. The van der Waals surface area contributed by atoms with Crippen molar-refractivity contribution in [2.24, 2.45) is 0 Å². The lowest BCUT2D eigenvalue weighted by molar-refractivity contribution is -0.122. The Morgan fingerprint density at radius 1 is 1.00 bits per heavy atom. The molecule has 1 N–H and O–H groups in total. The largest absolute Gasteiger partial charge is 0.487 e. The van der Waals surface area contributed by atoms with Crippen LogP contribution in [0.2, 0.25) is 0 Å². The number of carbonyl (C=O) groups is 1. The van der Waals surface area contributed by atoms with Gasteiger partial charge in [-0.15, -0.1) is 0 Å². The van der Waals surface area contributed by atoms with Crippen LogP contribution < -0.4 is 10.1 Å². The molecule has 3 aromatic rings. The minimum atomic E-state index is -0.272. The van der Waals surface area contributed by atoms with Crippen molar-refractivity contribution in [2.75, 3.05) is 13.1 Å². The zero-order valence-corrected chi connectivity index (χ0v) is 18.8. The van der Waals surface area contributed by atoms with Crippen LogP contribution in [0.3, 0.4) is 0 Å². The molecule has 2 saturated heterocycles. The van der Waals surface area contributed by atoms with E-state index in [1.807, 2.05) is 48.7 Å². The smallest absolute Gasteiger partial charge is 0.220 e. The molecule has 4 heterocycles. The molecule has 33 heavy (non-hydrogen) atoms. The van der Waals surface area contributed by atoms with Crippen molar-refractivity contribution < 1.29 is 9.53 Å². The number of likely N-dealkylation sites (tertiary alicyclic amines) is 1. The Labute approximate surface area is 195 Å². The number of hydrogen-bond donors (Lipinski definition) is 1. The minimum Gasteiger partial charge on any atom is -0.487 e. The summed E-state index contributed by atoms with van der Waals surface area (Å²) in [5.41, 5.74) is 2.84. The summed E-state index contributed by atoms with van der Waals surface area (Å²) in [4.78, 5) is 24.1. The Bertz CT molecular complexity index is 1080. The van der Waals surface area contributed by atoms with Gasteiger partial charge in [-0.25, -0.2) is 0 Å². The highest BCUT2D eigenvalue weighted by molar-refractivity contribution is 5.77. The lowest BCUT2D eigenvalue weighted by atomic mass is 9.81. The maximum Gasteiger partial charge on any atom is 0.220 e. The Morgan fingerprint density at radius 2 is 1.82 bits per heavy atom. The Kier molecular flexibility index (Phi) is 6.35. The summed E-state index contributed by atoms with van der Waals surface area (Å²) in [6.07, 6.45) is 7.24. The first-order valence-electron chi connectivity index (χ1n) is 11.8. The summed E-state index contributed by atoms with van der Waals surface area (Å²) >= 11 is 0. The van der Waals surface area contributed by atoms with E-state index in [4.69, 9.17) is 4.74 Å². The zero-order valence-electron chi connectivity index (χ0n) is 18.8. The van der Waals surface area contributed by atoms with E-state index >= 15 is 0 Å². The average molecular weight is 443 g/mol. The van der Waals surface area contributed by atoms with Crippen molar-refractivity contribution in [2.45, 2.75) is 50.3 Å². The van der Waals surface area contributed by atoms with Crippen molar-refractivity contribution >= 4 is 5.91 Å². The van der Waals surface area contributed by atoms with Gasteiger partial charge in [0.05, 0.1) is 11.2 Å². The van der Waals surface area contributed by atoms with Gasteiger partial charge in [-0.3, -0.25) is 19.7 Å². The van der Waals surface area contributed by atoms with Crippen LogP contribution in [0.25, 0.3) is 0 Å². The van der Waals surface area contributed by atoms with Crippen LogP contribution in [0.4, 0.5) is 0 Å². The van der Waals surface area contributed by atoms with E-state index in [1.54, 1.807) is 6.20 Å². The number of para-hydroxylation sites is 1. The van der Waals surface area contributed by atoms with Crippen LogP contribution in [-0.2, 0) is 17.9 Å². The average Bonchev–Trinajstić information content (AvgIpc) is 3.08. The summed E-state index contributed by atoms with van der Waals surface area (Å²) in [7, 11) is 0. The number of rotatable bonds is 6. The van der Waals surface area contributed by atoms with Gasteiger partial charge in [-0.2, -0.15) is 0 Å². The standard InChI is InChI=1S/C27H30N4O2/c32-26-13-3-6-14-27(30-26)20-31(18-23(27)24-11-5-8-16-29-24)17-21-9-1-2-12-25(21)33-19-22-10-4-7-15-28-22/h1-2,4-5,7-12,15-16,23H,3,6,13-14,17-20H2,(H,30,32)/t23-,27+/m0/s1. The van der Waals surface area contributed by atoms with Gasteiger partial charge in [0.2, 0.25) is 5.91 Å². The lowest BCUT2D eigenvalue weighted by Crippen LogP contribution is -2.52. The molecule has 6 nitrogen and oxygen atoms in total. The number of pyridine rings is 2. The highest BCUT2D eigenvalue weighted by Gasteiger charge is 2.49. The van der Waals surface area contributed by atoms with Gasteiger partial charge >= 0.3 is 0 Å². The van der Waals surface area contributed by atoms with Gasteiger partial charge in [0.1, 0.15) is 12.4 Å². The fraction of sp³-hybridized carbons (Fsp3) is 0.370. The molecule has 2 aliphatic rings. The van der Waals surface area contributed by atoms with E-state index in [9.17, 15) is 4.79 Å². The van der Waals surface area contributed by atoms with Gasteiger partial charge in [-0.1, -0.05) is 36.8 Å². The zero-order chi connectivity index (χ0) is 22.5. The number of carbonyl (C=O) groups excluding carboxylic acids is 1. The Morgan fingerprint density at radius 3 is 2.64 bits per heavy atom. The van der Waals surface area contributed by atoms with Gasteiger partial charge in [0.15, 0.2) is 0 Å². The molecule has 1 amide bonds. The fourth-order valence-electron chi connectivity index (χ4n) is 5.25. The Hall–Kier alpha value is -3.25. The van der Waals surface area contributed by atoms with Crippen molar-refractivity contribution in [3.8, 4) is 5.75 Å². The van der Waals surface area contributed by atoms with E-state index in [0.717, 1.165) is 61.6 Å².